The molecule has 0 amide bonds. The number of carboxylic acids is 1. The first-order valence-corrected chi connectivity index (χ1v) is 6.26. The first-order valence-electron chi connectivity index (χ1n) is 6.26. The zero-order valence-corrected chi connectivity index (χ0v) is 10.7. The number of aliphatic carboxylic acids is 1. The molecule has 0 saturated heterocycles. The Morgan fingerprint density at radius 3 is 2.65 bits per heavy atom. The third-order valence-electron chi connectivity index (χ3n) is 3.29. The van der Waals surface area contributed by atoms with Crippen molar-refractivity contribution in [3.8, 4) is 0 Å². The molecule has 5 nitrogen and oxygen atoms in total. The third kappa shape index (κ3) is 2.08. The Morgan fingerprint density at radius 1 is 1.20 bits per heavy atom. The number of benzene rings is 1. The van der Waals surface area contributed by atoms with Crippen LogP contribution in [0.4, 0.5) is 0 Å². The van der Waals surface area contributed by atoms with Gasteiger partial charge in [0, 0.05) is 29.6 Å². The van der Waals surface area contributed by atoms with Crippen LogP contribution < -0.4 is 5.73 Å². The number of carbonyl (C=O) groups is 1. The molecule has 1 aromatic carbocycles. The fourth-order valence-corrected chi connectivity index (χ4v) is 2.35. The van der Waals surface area contributed by atoms with Gasteiger partial charge in [0.05, 0.1) is 11.0 Å². The van der Waals surface area contributed by atoms with Crippen LogP contribution in [0.25, 0.3) is 21.8 Å². The van der Waals surface area contributed by atoms with Crippen molar-refractivity contribution in [1.82, 2.24) is 9.97 Å². The van der Waals surface area contributed by atoms with Crippen molar-refractivity contribution in [2.75, 3.05) is 0 Å². The largest absolute Gasteiger partial charge is 0.480 e. The van der Waals surface area contributed by atoms with Crippen LogP contribution in [-0.4, -0.2) is 27.1 Å². The average Bonchev–Trinajstić information content (AvgIpc) is 2.47. The average molecular weight is 267 g/mol. The minimum absolute atomic E-state index is 0.244. The first-order chi connectivity index (χ1) is 9.66. The lowest BCUT2D eigenvalue weighted by Crippen LogP contribution is -2.32. The van der Waals surface area contributed by atoms with Gasteiger partial charge in [0.1, 0.15) is 6.04 Å². The van der Waals surface area contributed by atoms with Gasteiger partial charge in [-0.2, -0.15) is 0 Å². The highest BCUT2D eigenvalue weighted by Gasteiger charge is 2.16. The summed E-state index contributed by atoms with van der Waals surface area (Å²) in [5.41, 5.74) is 8.09. The van der Waals surface area contributed by atoms with E-state index in [1.165, 1.54) is 0 Å². The molecular formula is C15H13N3O2. The van der Waals surface area contributed by atoms with Crippen molar-refractivity contribution in [3.05, 3.63) is 48.3 Å². The van der Waals surface area contributed by atoms with Crippen LogP contribution in [0.15, 0.2) is 42.7 Å². The standard InChI is InChI=1S/C15H13N3O2/c16-12(15(19)20)8-10-7-9-3-1-5-17-13(9)11-4-2-6-18-14(10)11/h1-7,12H,8,16H2,(H,19,20). The first kappa shape index (κ1) is 12.5. The van der Waals surface area contributed by atoms with Crippen molar-refractivity contribution in [3.63, 3.8) is 0 Å². The number of nitrogens with zero attached hydrogens (tertiary/aromatic N) is 2. The zero-order chi connectivity index (χ0) is 14.1. The van der Waals surface area contributed by atoms with E-state index in [9.17, 15) is 4.79 Å². The second kappa shape index (κ2) is 4.86. The van der Waals surface area contributed by atoms with Crippen molar-refractivity contribution in [2.45, 2.75) is 12.5 Å². The lowest BCUT2D eigenvalue weighted by molar-refractivity contribution is -0.138. The Morgan fingerprint density at radius 2 is 1.90 bits per heavy atom. The molecule has 0 aliphatic rings. The Hall–Kier alpha value is -2.53. The van der Waals surface area contributed by atoms with Gasteiger partial charge >= 0.3 is 5.97 Å². The van der Waals surface area contributed by atoms with E-state index in [1.807, 2.05) is 30.3 Å². The predicted octanol–water partition coefficient (Wildman–Crippen LogP) is 1.74. The molecule has 5 heteroatoms. The Bertz CT molecular complexity index is 801. The number of fused-ring (bicyclic) bond motifs is 3. The van der Waals surface area contributed by atoms with Crippen LogP contribution in [0.5, 0.6) is 0 Å². The van der Waals surface area contributed by atoms with Gasteiger partial charge in [0.25, 0.3) is 0 Å². The fraction of sp³-hybridized carbons (Fsp3) is 0.133. The maximum Gasteiger partial charge on any atom is 0.320 e. The van der Waals surface area contributed by atoms with E-state index < -0.39 is 12.0 Å². The highest BCUT2D eigenvalue weighted by atomic mass is 16.4. The normalized spacial score (nSPS) is 12.7. The molecule has 0 saturated carbocycles. The molecule has 1 atom stereocenters. The molecule has 2 aromatic heterocycles. The minimum Gasteiger partial charge on any atom is -0.480 e. The summed E-state index contributed by atoms with van der Waals surface area (Å²) in [6.07, 6.45) is 3.66. The molecule has 3 aromatic rings. The van der Waals surface area contributed by atoms with Crippen LogP contribution in [0.1, 0.15) is 5.56 Å². The lowest BCUT2D eigenvalue weighted by Gasteiger charge is -2.11. The molecule has 0 bridgehead atoms. The quantitative estimate of drug-likeness (QED) is 0.705. The number of hydrogen-bond donors (Lipinski definition) is 2. The topological polar surface area (TPSA) is 89.1 Å². The molecule has 0 spiro atoms. The summed E-state index contributed by atoms with van der Waals surface area (Å²) in [7, 11) is 0. The van der Waals surface area contributed by atoms with E-state index in [-0.39, 0.29) is 6.42 Å². The molecule has 20 heavy (non-hydrogen) atoms. The summed E-state index contributed by atoms with van der Waals surface area (Å²) in [5.74, 6) is -1.01. The van der Waals surface area contributed by atoms with Gasteiger partial charge in [0.2, 0.25) is 0 Å². The smallest absolute Gasteiger partial charge is 0.320 e. The molecule has 0 aliphatic heterocycles. The Balaban J connectivity index is 2.26. The molecule has 100 valence electrons. The van der Waals surface area contributed by atoms with Gasteiger partial charge < -0.3 is 10.8 Å². The fourth-order valence-electron chi connectivity index (χ4n) is 2.35. The summed E-state index contributed by atoms with van der Waals surface area (Å²) in [6.45, 7) is 0. The van der Waals surface area contributed by atoms with Gasteiger partial charge in [0.15, 0.2) is 0 Å². The highest BCUT2D eigenvalue weighted by molar-refractivity contribution is 6.05. The third-order valence-corrected chi connectivity index (χ3v) is 3.29. The molecule has 3 N–H and O–H groups in total. The van der Waals surface area contributed by atoms with E-state index in [2.05, 4.69) is 9.97 Å². The van der Waals surface area contributed by atoms with Crippen LogP contribution in [0.2, 0.25) is 0 Å². The summed E-state index contributed by atoms with van der Waals surface area (Å²) in [4.78, 5) is 19.7. The van der Waals surface area contributed by atoms with Gasteiger partial charge in [-0.05, 0) is 29.8 Å². The van der Waals surface area contributed by atoms with Gasteiger partial charge in [-0.15, -0.1) is 0 Å². The molecule has 0 aliphatic carbocycles. The molecule has 1 unspecified atom stereocenters. The van der Waals surface area contributed by atoms with E-state index in [0.29, 0.717) is 0 Å². The number of hydrogen-bond acceptors (Lipinski definition) is 4. The number of aromatic nitrogens is 2. The van der Waals surface area contributed by atoms with Crippen LogP contribution in [0, 0.1) is 0 Å². The zero-order valence-electron chi connectivity index (χ0n) is 10.7. The summed E-state index contributed by atoms with van der Waals surface area (Å²) < 4.78 is 0. The lowest BCUT2D eigenvalue weighted by atomic mass is 9.99. The van der Waals surface area contributed by atoms with Crippen molar-refractivity contribution in [1.29, 1.82) is 0 Å². The monoisotopic (exact) mass is 267 g/mol. The van der Waals surface area contributed by atoms with Gasteiger partial charge in [-0.3, -0.25) is 14.8 Å². The maximum absolute atomic E-state index is 10.9. The van der Waals surface area contributed by atoms with E-state index in [0.717, 1.165) is 27.4 Å². The summed E-state index contributed by atoms with van der Waals surface area (Å²) >= 11 is 0. The Kier molecular flexibility index (Phi) is 3.04. The SMILES string of the molecule is NC(Cc1cc2cccnc2c2cccnc12)C(=O)O. The van der Waals surface area contributed by atoms with Gasteiger partial charge in [-0.1, -0.05) is 6.07 Å². The second-order valence-corrected chi connectivity index (χ2v) is 4.66. The molecule has 3 rings (SSSR count). The number of rotatable bonds is 3. The number of pyridine rings is 2. The van der Waals surface area contributed by atoms with E-state index in [1.54, 1.807) is 12.4 Å². The van der Waals surface area contributed by atoms with Crippen molar-refractivity contribution in [2.24, 2.45) is 5.73 Å². The Labute approximate surface area is 115 Å². The number of nitrogens with two attached hydrogens (primary N) is 1. The van der Waals surface area contributed by atoms with Crippen molar-refractivity contribution >= 4 is 27.8 Å². The van der Waals surface area contributed by atoms with E-state index in [4.69, 9.17) is 10.8 Å². The maximum atomic E-state index is 10.9. The molecule has 2 heterocycles. The van der Waals surface area contributed by atoms with Crippen LogP contribution in [-0.2, 0) is 11.2 Å². The molecule has 0 radical (unpaired) electrons. The van der Waals surface area contributed by atoms with Crippen LogP contribution in [0.3, 0.4) is 0 Å². The molecule has 0 fully saturated rings. The number of carboxylic acid groups (broad SMARTS) is 1. The summed E-state index contributed by atoms with van der Waals surface area (Å²) in [5, 5.41) is 10.8. The van der Waals surface area contributed by atoms with Crippen molar-refractivity contribution < 1.29 is 9.90 Å². The highest BCUT2D eigenvalue weighted by Crippen LogP contribution is 2.26. The second-order valence-electron chi connectivity index (χ2n) is 4.66. The predicted molar refractivity (Wildman–Crippen MR) is 76.4 cm³/mol. The minimum atomic E-state index is -1.01. The molecular weight excluding hydrogens is 254 g/mol. The summed E-state index contributed by atoms with van der Waals surface area (Å²) in [6, 6.07) is 8.57. The van der Waals surface area contributed by atoms with Crippen LogP contribution >= 0.6 is 0 Å². The van der Waals surface area contributed by atoms with Gasteiger partial charge in [-0.25, -0.2) is 0 Å². The van der Waals surface area contributed by atoms with E-state index >= 15 is 0 Å².